The highest BCUT2D eigenvalue weighted by Crippen LogP contribution is 2.11. The van der Waals surface area contributed by atoms with E-state index in [0.717, 1.165) is 0 Å². The van der Waals surface area contributed by atoms with Crippen molar-refractivity contribution in [2.45, 2.75) is 18.9 Å². The topological polar surface area (TPSA) is 86.6 Å². The van der Waals surface area contributed by atoms with E-state index in [0.29, 0.717) is 17.7 Å². The van der Waals surface area contributed by atoms with Crippen molar-refractivity contribution in [2.75, 3.05) is 12.0 Å². The molecule has 6 heteroatoms. The van der Waals surface area contributed by atoms with Gasteiger partial charge in [0, 0.05) is 0 Å². The van der Waals surface area contributed by atoms with Crippen molar-refractivity contribution in [1.29, 1.82) is 0 Å². The molecule has 1 amide bonds. The Hall–Kier alpha value is -1.69. The number of carbonyl (C=O) groups excluding carboxylic acids is 1. The summed E-state index contributed by atoms with van der Waals surface area (Å²) in [6.07, 6.45) is 2.33. The number of phenolic OH excluding ortho intramolecular Hbond substituents is 1. The maximum absolute atomic E-state index is 11.7. The third-order valence-electron chi connectivity index (χ3n) is 2.52. The highest BCUT2D eigenvalue weighted by molar-refractivity contribution is 7.98. The van der Waals surface area contributed by atoms with Gasteiger partial charge in [0.2, 0.25) is 5.91 Å². The quantitative estimate of drug-likeness (QED) is 0.701. The fraction of sp³-hybridized carbons (Fsp3) is 0.385. The second-order valence-corrected chi connectivity index (χ2v) is 5.07. The van der Waals surface area contributed by atoms with E-state index < -0.39 is 12.0 Å². The molecule has 1 rings (SSSR count). The van der Waals surface area contributed by atoms with Crippen LogP contribution >= 0.6 is 11.8 Å². The molecule has 0 aliphatic heterocycles. The van der Waals surface area contributed by atoms with E-state index in [1.807, 2.05) is 6.26 Å². The van der Waals surface area contributed by atoms with E-state index in [9.17, 15) is 14.7 Å². The van der Waals surface area contributed by atoms with Crippen LogP contribution in [-0.2, 0) is 16.0 Å². The summed E-state index contributed by atoms with van der Waals surface area (Å²) < 4.78 is 0. The molecule has 0 aromatic heterocycles. The fourth-order valence-electron chi connectivity index (χ4n) is 1.59. The van der Waals surface area contributed by atoms with Crippen LogP contribution in [0.4, 0.5) is 0 Å². The molecule has 0 heterocycles. The van der Waals surface area contributed by atoms with Crippen molar-refractivity contribution in [2.24, 2.45) is 0 Å². The number of aromatic hydroxyl groups is 1. The first kappa shape index (κ1) is 15.4. The molecule has 1 aromatic rings. The number of rotatable bonds is 7. The van der Waals surface area contributed by atoms with E-state index in [4.69, 9.17) is 5.11 Å². The first-order valence-corrected chi connectivity index (χ1v) is 7.21. The molecule has 5 nitrogen and oxygen atoms in total. The van der Waals surface area contributed by atoms with Crippen LogP contribution in [0, 0.1) is 0 Å². The van der Waals surface area contributed by atoms with Gasteiger partial charge >= 0.3 is 5.97 Å². The number of nitrogens with one attached hydrogen (secondary N) is 1. The van der Waals surface area contributed by atoms with Crippen LogP contribution in [0.2, 0.25) is 0 Å². The molecule has 3 N–H and O–H groups in total. The normalized spacial score (nSPS) is 11.8. The second kappa shape index (κ2) is 7.68. The molecule has 104 valence electrons. The maximum atomic E-state index is 11.7. The Labute approximate surface area is 116 Å². The van der Waals surface area contributed by atoms with Gasteiger partial charge in [-0.25, -0.2) is 4.79 Å². The lowest BCUT2D eigenvalue weighted by molar-refractivity contribution is -0.141. The predicted octanol–water partition coefficient (Wildman–Crippen LogP) is 1.26. The second-order valence-electron chi connectivity index (χ2n) is 4.09. The number of aliphatic carboxylic acids is 1. The number of thioether (sulfide) groups is 1. The number of amides is 1. The van der Waals surface area contributed by atoms with Gasteiger partial charge in [0.05, 0.1) is 6.42 Å². The Bertz CT molecular complexity index is 450. The van der Waals surface area contributed by atoms with Crippen molar-refractivity contribution < 1.29 is 19.8 Å². The fourth-order valence-corrected chi connectivity index (χ4v) is 2.06. The van der Waals surface area contributed by atoms with E-state index >= 15 is 0 Å². The summed E-state index contributed by atoms with van der Waals surface area (Å²) in [5.74, 6) is -0.636. The van der Waals surface area contributed by atoms with Gasteiger partial charge in [0.15, 0.2) is 0 Å². The van der Waals surface area contributed by atoms with Gasteiger partial charge in [0.1, 0.15) is 11.8 Å². The summed E-state index contributed by atoms with van der Waals surface area (Å²) in [7, 11) is 0. The number of hydrogen-bond donors (Lipinski definition) is 3. The summed E-state index contributed by atoms with van der Waals surface area (Å²) in [5.41, 5.74) is 0.645. The third kappa shape index (κ3) is 5.65. The van der Waals surface area contributed by atoms with Crippen LogP contribution in [0.25, 0.3) is 0 Å². The van der Waals surface area contributed by atoms with E-state index in [1.165, 1.54) is 23.9 Å². The zero-order valence-corrected chi connectivity index (χ0v) is 11.4. The van der Waals surface area contributed by atoms with Crippen LogP contribution in [0.15, 0.2) is 24.3 Å². The molecule has 0 bridgehead atoms. The van der Waals surface area contributed by atoms with Crippen LogP contribution in [-0.4, -0.2) is 40.1 Å². The zero-order valence-electron chi connectivity index (χ0n) is 10.6. The molecule has 0 spiro atoms. The van der Waals surface area contributed by atoms with Gasteiger partial charge in [-0.05, 0) is 36.1 Å². The SMILES string of the molecule is CSCC[C@H](NC(=O)Cc1cccc(O)c1)C(=O)O. The van der Waals surface area contributed by atoms with Crippen LogP contribution in [0.1, 0.15) is 12.0 Å². The molecule has 0 saturated carbocycles. The highest BCUT2D eigenvalue weighted by atomic mass is 32.2. The Morgan fingerprint density at radius 1 is 1.42 bits per heavy atom. The smallest absolute Gasteiger partial charge is 0.326 e. The van der Waals surface area contributed by atoms with Crippen molar-refractivity contribution in [3.05, 3.63) is 29.8 Å². The van der Waals surface area contributed by atoms with Crippen LogP contribution in [0.5, 0.6) is 5.75 Å². The number of carboxylic acids is 1. The first-order valence-electron chi connectivity index (χ1n) is 5.82. The van der Waals surface area contributed by atoms with E-state index in [-0.39, 0.29) is 18.1 Å². The van der Waals surface area contributed by atoms with Gasteiger partial charge in [-0.15, -0.1) is 0 Å². The molecule has 19 heavy (non-hydrogen) atoms. The third-order valence-corrected chi connectivity index (χ3v) is 3.16. The molecule has 1 atom stereocenters. The van der Waals surface area contributed by atoms with E-state index in [2.05, 4.69) is 5.32 Å². The molecular formula is C13H17NO4S. The van der Waals surface area contributed by atoms with Crippen molar-refractivity contribution >= 4 is 23.6 Å². The molecule has 0 saturated heterocycles. The minimum atomic E-state index is -1.03. The molecule has 0 radical (unpaired) electrons. The number of hydrogen-bond acceptors (Lipinski definition) is 4. The first-order chi connectivity index (χ1) is 9.02. The summed E-state index contributed by atoms with van der Waals surface area (Å²) in [6, 6.07) is 5.48. The minimum Gasteiger partial charge on any atom is -0.508 e. The average molecular weight is 283 g/mol. The van der Waals surface area contributed by atoms with Gasteiger partial charge in [-0.3, -0.25) is 4.79 Å². The molecular weight excluding hydrogens is 266 g/mol. The molecule has 0 fully saturated rings. The van der Waals surface area contributed by atoms with Gasteiger partial charge < -0.3 is 15.5 Å². The standard InChI is InChI=1S/C13H17NO4S/c1-19-6-5-11(13(17)18)14-12(16)8-9-3-2-4-10(15)7-9/h2-4,7,11,15H,5-6,8H2,1H3,(H,14,16)(H,17,18)/t11-/m0/s1. The molecule has 0 aliphatic rings. The number of carbonyl (C=O) groups is 2. The maximum Gasteiger partial charge on any atom is 0.326 e. The summed E-state index contributed by atoms with van der Waals surface area (Å²) in [5, 5.41) is 20.8. The summed E-state index contributed by atoms with van der Waals surface area (Å²) in [6.45, 7) is 0. The molecule has 1 aromatic carbocycles. The van der Waals surface area contributed by atoms with Gasteiger partial charge in [-0.1, -0.05) is 12.1 Å². The summed E-state index contributed by atoms with van der Waals surface area (Å²) >= 11 is 1.53. The Balaban J connectivity index is 2.55. The Morgan fingerprint density at radius 3 is 2.74 bits per heavy atom. The number of benzene rings is 1. The van der Waals surface area contributed by atoms with E-state index in [1.54, 1.807) is 12.1 Å². The average Bonchev–Trinajstić information content (AvgIpc) is 2.34. The lowest BCUT2D eigenvalue weighted by Gasteiger charge is -2.13. The minimum absolute atomic E-state index is 0.0530. The monoisotopic (exact) mass is 283 g/mol. The molecule has 0 unspecified atom stereocenters. The Kier molecular flexibility index (Phi) is 6.21. The Morgan fingerprint density at radius 2 is 2.16 bits per heavy atom. The van der Waals surface area contributed by atoms with Crippen molar-refractivity contribution in [3.8, 4) is 5.75 Å². The number of carboxylic acid groups (broad SMARTS) is 1. The van der Waals surface area contributed by atoms with Crippen molar-refractivity contribution in [3.63, 3.8) is 0 Å². The van der Waals surface area contributed by atoms with Crippen LogP contribution in [0.3, 0.4) is 0 Å². The van der Waals surface area contributed by atoms with Gasteiger partial charge in [-0.2, -0.15) is 11.8 Å². The number of phenols is 1. The predicted molar refractivity (Wildman–Crippen MR) is 74.4 cm³/mol. The van der Waals surface area contributed by atoms with Gasteiger partial charge in [0.25, 0.3) is 0 Å². The lowest BCUT2D eigenvalue weighted by Crippen LogP contribution is -2.41. The van der Waals surface area contributed by atoms with Crippen molar-refractivity contribution in [1.82, 2.24) is 5.32 Å². The van der Waals surface area contributed by atoms with Crippen LogP contribution < -0.4 is 5.32 Å². The molecule has 0 aliphatic carbocycles. The largest absolute Gasteiger partial charge is 0.508 e. The highest BCUT2D eigenvalue weighted by Gasteiger charge is 2.19. The summed E-state index contributed by atoms with van der Waals surface area (Å²) in [4.78, 5) is 22.7. The zero-order chi connectivity index (χ0) is 14.3. The lowest BCUT2D eigenvalue weighted by atomic mass is 10.1.